The van der Waals surface area contributed by atoms with Crippen LogP contribution in [-0.2, 0) is 4.74 Å². The summed E-state index contributed by atoms with van der Waals surface area (Å²) in [5.41, 5.74) is 5.47. The number of rotatable bonds is 8. The van der Waals surface area contributed by atoms with E-state index in [2.05, 4.69) is 32.1 Å². The van der Waals surface area contributed by atoms with Crippen molar-refractivity contribution in [1.82, 2.24) is 16.2 Å². The number of hydrogen-bond acceptors (Lipinski definition) is 7. The number of carbonyl (C=O) groups excluding carboxylic acids is 2. The largest absolute Gasteiger partial charge is 0.493 e. The van der Waals surface area contributed by atoms with E-state index in [4.69, 9.17) is 31.2 Å². The maximum absolute atomic E-state index is 12.6. The van der Waals surface area contributed by atoms with Crippen LogP contribution in [0.15, 0.2) is 40.9 Å². The van der Waals surface area contributed by atoms with Crippen molar-refractivity contribution in [3.63, 3.8) is 0 Å². The van der Waals surface area contributed by atoms with Gasteiger partial charge >= 0.3 is 0 Å². The summed E-state index contributed by atoms with van der Waals surface area (Å²) in [6.07, 6.45) is 0. The maximum Gasteiger partial charge on any atom is 0.269 e. The molecule has 0 aliphatic carbocycles. The lowest BCUT2D eigenvalue weighted by Crippen LogP contribution is -2.48. The second-order valence-electron chi connectivity index (χ2n) is 5.91. The lowest BCUT2D eigenvalue weighted by atomic mass is 10.2. The predicted molar refractivity (Wildman–Crippen MR) is 122 cm³/mol. The monoisotopic (exact) mass is 511 g/mol. The van der Waals surface area contributed by atoms with E-state index >= 15 is 0 Å². The number of amides is 2. The van der Waals surface area contributed by atoms with E-state index in [1.54, 1.807) is 37.4 Å². The molecule has 0 saturated heterocycles. The van der Waals surface area contributed by atoms with Crippen LogP contribution >= 0.6 is 28.1 Å². The normalized spacial score (nSPS) is 10.1. The molecule has 0 aliphatic rings. The minimum atomic E-state index is -0.508. The van der Waals surface area contributed by atoms with Crippen LogP contribution in [0.4, 0.5) is 0 Å². The van der Waals surface area contributed by atoms with E-state index in [1.807, 2.05) is 0 Å². The van der Waals surface area contributed by atoms with E-state index in [-0.39, 0.29) is 17.3 Å². The van der Waals surface area contributed by atoms with Crippen molar-refractivity contribution in [2.24, 2.45) is 0 Å². The number of methoxy groups -OCH3 is 3. The third-order valence-electron chi connectivity index (χ3n) is 3.89. The lowest BCUT2D eigenvalue weighted by molar-refractivity contribution is 0.0932. The Morgan fingerprint density at radius 2 is 1.61 bits per heavy atom. The third-order valence-corrected chi connectivity index (χ3v) is 4.59. The molecule has 2 aromatic carbocycles. The quantitative estimate of drug-likeness (QED) is 0.282. The zero-order valence-electron chi connectivity index (χ0n) is 17.1. The first-order valence-electron chi connectivity index (χ1n) is 8.94. The molecule has 0 heterocycles. The van der Waals surface area contributed by atoms with Crippen LogP contribution < -0.4 is 30.4 Å². The summed E-state index contributed by atoms with van der Waals surface area (Å²) in [5.74, 6) is 0.277. The first-order chi connectivity index (χ1) is 14.9. The molecule has 9 nitrogen and oxygen atoms in total. The Morgan fingerprint density at radius 3 is 2.29 bits per heavy atom. The number of halogens is 1. The van der Waals surface area contributed by atoms with Gasteiger partial charge in [-0.3, -0.25) is 25.8 Å². The Bertz CT molecular complexity index is 957. The fourth-order valence-corrected chi connectivity index (χ4v) is 2.91. The van der Waals surface area contributed by atoms with E-state index in [1.165, 1.54) is 20.3 Å². The van der Waals surface area contributed by atoms with Crippen molar-refractivity contribution in [1.29, 1.82) is 0 Å². The Morgan fingerprint density at radius 1 is 0.903 bits per heavy atom. The molecule has 0 bridgehead atoms. The number of carbonyl (C=O) groups is 2. The van der Waals surface area contributed by atoms with Gasteiger partial charge in [-0.25, -0.2) is 0 Å². The Balaban J connectivity index is 1.98. The zero-order valence-corrected chi connectivity index (χ0v) is 19.5. The van der Waals surface area contributed by atoms with Gasteiger partial charge < -0.3 is 18.9 Å². The number of nitrogens with one attached hydrogen (secondary N) is 3. The molecule has 0 atom stereocenters. The Labute approximate surface area is 193 Å². The number of thiocarbonyl (C=S) groups is 1. The predicted octanol–water partition coefficient (Wildman–Crippen LogP) is 2.44. The maximum atomic E-state index is 12.6. The molecule has 31 heavy (non-hydrogen) atoms. The highest BCUT2D eigenvalue weighted by atomic mass is 79.9. The molecule has 2 rings (SSSR count). The molecule has 0 saturated carbocycles. The average Bonchev–Trinajstić information content (AvgIpc) is 2.77. The molecule has 11 heteroatoms. The molecule has 2 aromatic rings. The SMILES string of the molecule is COCCOc1ccc(Br)cc1C(=O)NC(=S)NNC(=O)c1ccc(OC)c(OC)c1. The fraction of sp³-hybridized carbons (Fsp3) is 0.250. The molecule has 2 amide bonds. The van der Waals surface area contributed by atoms with Gasteiger partial charge in [0, 0.05) is 17.1 Å². The van der Waals surface area contributed by atoms with Crippen LogP contribution in [0.1, 0.15) is 20.7 Å². The van der Waals surface area contributed by atoms with Gasteiger partial charge in [-0.15, -0.1) is 0 Å². The van der Waals surface area contributed by atoms with Crippen molar-refractivity contribution < 1.29 is 28.5 Å². The number of hydrogen-bond donors (Lipinski definition) is 3. The summed E-state index contributed by atoms with van der Waals surface area (Å²) < 4.78 is 21.5. The Hall–Kier alpha value is -2.89. The van der Waals surface area contributed by atoms with Crippen LogP contribution in [0, 0.1) is 0 Å². The summed E-state index contributed by atoms with van der Waals surface area (Å²) in [7, 11) is 4.52. The van der Waals surface area contributed by atoms with Crippen molar-refractivity contribution in [2.75, 3.05) is 34.5 Å². The van der Waals surface area contributed by atoms with Gasteiger partial charge in [-0.05, 0) is 48.6 Å². The highest BCUT2D eigenvalue weighted by molar-refractivity contribution is 9.10. The van der Waals surface area contributed by atoms with Crippen molar-refractivity contribution in [3.8, 4) is 17.2 Å². The highest BCUT2D eigenvalue weighted by Gasteiger charge is 2.16. The van der Waals surface area contributed by atoms with E-state index in [9.17, 15) is 9.59 Å². The second-order valence-corrected chi connectivity index (χ2v) is 7.24. The van der Waals surface area contributed by atoms with Crippen LogP contribution in [-0.4, -0.2) is 51.5 Å². The number of benzene rings is 2. The topological polar surface area (TPSA) is 107 Å². The molecule has 166 valence electrons. The fourth-order valence-electron chi connectivity index (χ4n) is 2.41. The summed E-state index contributed by atoms with van der Waals surface area (Å²) in [6, 6.07) is 9.69. The lowest BCUT2D eigenvalue weighted by Gasteiger charge is -2.14. The number of hydrazine groups is 1. The van der Waals surface area contributed by atoms with Gasteiger partial charge in [-0.2, -0.15) is 0 Å². The van der Waals surface area contributed by atoms with Crippen LogP contribution in [0.2, 0.25) is 0 Å². The van der Waals surface area contributed by atoms with Gasteiger partial charge in [-0.1, -0.05) is 15.9 Å². The first kappa shape index (κ1) is 24.4. The molecule has 0 aromatic heterocycles. The van der Waals surface area contributed by atoms with Crippen molar-refractivity contribution in [3.05, 3.63) is 52.0 Å². The van der Waals surface area contributed by atoms with Gasteiger partial charge in [0.05, 0.1) is 26.4 Å². The summed E-state index contributed by atoms with van der Waals surface area (Å²) in [6.45, 7) is 0.655. The zero-order chi connectivity index (χ0) is 22.8. The van der Waals surface area contributed by atoms with Crippen LogP contribution in [0.25, 0.3) is 0 Å². The second kappa shape index (κ2) is 12.1. The number of ether oxygens (including phenoxy) is 4. The molecule has 3 N–H and O–H groups in total. The van der Waals surface area contributed by atoms with Crippen LogP contribution in [0.3, 0.4) is 0 Å². The van der Waals surface area contributed by atoms with Gasteiger partial charge in [0.1, 0.15) is 12.4 Å². The molecule has 0 unspecified atom stereocenters. The van der Waals surface area contributed by atoms with Crippen molar-refractivity contribution >= 4 is 45.1 Å². The first-order valence-corrected chi connectivity index (χ1v) is 10.1. The molecular formula is C20H22BrN3O6S. The van der Waals surface area contributed by atoms with Gasteiger partial charge in [0.15, 0.2) is 16.6 Å². The van der Waals surface area contributed by atoms with E-state index in [0.717, 1.165) is 0 Å². The van der Waals surface area contributed by atoms with Gasteiger partial charge in [0.2, 0.25) is 0 Å². The summed E-state index contributed by atoms with van der Waals surface area (Å²) in [5, 5.41) is 2.40. The minimum absolute atomic E-state index is 0.0957. The molecular weight excluding hydrogens is 490 g/mol. The van der Waals surface area contributed by atoms with Crippen LogP contribution in [0.5, 0.6) is 17.2 Å². The molecule has 0 radical (unpaired) electrons. The van der Waals surface area contributed by atoms with Gasteiger partial charge in [0.25, 0.3) is 11.8 Å². The molecule has 0 spiro atoms. The minimum Gasteiger partial charge on any atom is -0.493 e. The summed E-state index contributed by atoms with van der Waals surface area (Å²) in [4.78, 5) is 25.0. The van der Waals surface area contributed by atoms with E-state index in [0.29, 0.717) is 33.9 Å². The average molecular weight is 512 g/mol. The third kappa shape index (κ3) is 7.09. The smallest absolute Gasteiger partial charge is 0.269 e. The van der Waals surface area contributed by atoms with E-state index < -0.39 is 11.8 Å². The summed E-state index contributed by atoms with van der Waals surface area (Å²) >= 11 is 8.42. The molecule has 0 fully saturated rings. The highest BCUT2D eigenvalue weighted by Crippen LogP contribution is 2.27. The van der Waals surface area contributed by atoms with Crippen molar-refractivity contribution in [2.45, 2.75) is 0 Å². The standard InChI is InChI=1S/C20H22BrN3O6S/c1-27-8-9-30-15-7-5-13(21)11-14(15)19(26)22-20(31)24-23-18(25)12-4-6-16(28-2)17(10-12)29-3/h4-7,10-11H,8-9H2,1-3H3,(H,23,25)(H2,22,24,26,31). The molecule has 0 aliphatic heterocycles. The Kier molecular flexibility index (Phi) is 9.50.